The van der Waals surface area contributed by atoms with Crippen LogP contribution in [0.25, 0.3) is 0 Å². The second-order valence-electron chi connectivity index (χ2n) is 7.17. The predicted molar refractivity (Wildman–Crippen MR) is 123 cm³/mol. The smallest absolute Gasteiger partial charge is 0.339 e. The number of carbonyl (C=O) groups is 3. The lowest BCUT2D eigenvalue weighted by Crippen LogP contribution is -2.22. The Hall–Kier alpha value is -3.64. The highest BCUT2D eigenvalue weighted by Crippen LogP contribution is 2.30. The average Bonchev–Trinajstić information content (AvgIpc) is 2.79. The quantitative estimate of drug-likeness (QED) is 0.404. The third-order valence-electron chi connectivity index (χ3n) is 4.79. The third-order valence-corrected chi connectivity index (χ3v) is 5.20. The molecule has 164 valence electrons. The standard InChI is InChI=1S/C25H22ClNO5/c1-15-8-10-17(11-9-15)24(29)18-6-4-5-7-19(18)25(30)32-14-23(28)27-21-12-16(2)20(26)13-22(21)31-3/h4-13H,14H2,1-3H3,(H,27,28). The Morgan fingerprint density at radius 1 is 0.938 bits per heavy atom. The van der Waals surface area contributed by atoms with Gasteiger partial charge in [0.05, 0.1) is 18.4 Å². The van der Waals surface area contributed by atoms with Gasteiger partial charge in [-0.05, 0) is 31.5 Å². The van der Waals surface area contributed by atoms with E-state index in [-0.39, 0.29) is 16.9 Å². The van der Waals surface area contributed by atoms with Gasteiger partial charge in [-0.2, -0.15) is 0 Å². The number of esters is 1. The van der Waals surface area contributed by atoms with Crippen molar-refractivity contribution < 1.29 is 23.9 Å². The Morgan fingerprint density at radius 3 is 2.25 bits per heavy atom. The summed E-state index contributed by atoms with van der Waals surface area (Å²) in [5, 5.41) is 3.14. The van der Waals surface area contributed by atoms with Crippen molar-refractivity contribution in [3.63, 3.8) is 0 Å². The van der Waals surface area contributed by atoms with Gasteiger partial charge < -0.3 is 14.8 Å². The summed E-state index contributed by atoms with van der Waals surface area (Å²) in [6.45, 7) is 3.18. The third kappa shape index (κ3) is 5.34. The van der Waals surface area contributed by atoms with Gasteiger partial charge in [-0.1, -0.05) is 59.6 Å². The van der Waals surface area contributed by atoms with Crippen LogP contribution in [0.2, 0.25) is 5.02 Å². The zero-order valence-corrected chi connectivity index (χ0v) is 18.7. The SMILES string of the molecule is COc1cc(Cl)c(C)cc1NC(=O)COC(=O)c1ccccc1C(=O)c1ccc(C)cc1. The molecule has 6 nitrogen and oxygen atoms in total. The molecule has 3 rings (SSSR count). The van der Waals surface area contributed by atoms with Crippen molar-refractivity contribution in [2.24, 2.45) is 0 Å². The number of anilines is 1. The molecule has 0 atom stereocenters. The maximum atomic E-state index is 12.9. The van der Waals surface area contributed by atoms with Gasteiger partial charge in [0.2, 0.25) is 0 Å². The Labute approximate surface area is 191 Å². The number of ether oxygens (including phenoxy) is 2. The van der Waals surface area contributed by atoms with E-state index in [2.05, 4.69) is 5.32 Å². The van der Waals surface area contributed by atoms with Crippen LogP contribution in [-0.2, 0) is 9.53 Å². The maximum Gasteiger partial charge on any atom is 0.339 e. The molecule has 0 aliphatic heterocycles. The highest BCUT2D eigenvalue weighted by Gasteiger charge is 2.20. The summed E-state index contributed by atoms with van der Waals surface area (Å²) in [5.74, 6) is -1.24. The fourth-order valence-electron chi connectivity index (χ4n) is 3.04. The lowest BCUT2D eigenvalue weighted by Gasteiger charge is -2.13. The molecule has 0 aliphatic carbocycles. The molecule has 0 unspecified atom stereocenters. The van der Waals surface area contributed by atoms with Crippen molar-refractivity contribution in [1.82, 2.24) is 0 Å². The molecule has 0 saturated carbocycles. The van der Waals surface area contributed by atoms with Crippen LogP contribution in [0.5, 0.6) is 5.75 Å². The van der Waals surface area contributed by atoms with Crippen molar-refractivity contribution in [2.45, 2.75) is 13.8 Å². The number of rotatable bonds is 7. The molecule has 0 bridgehead atoms. The highest BCUT2D eigenvalue weighted by molar-refractivity contribution is 6.31. The molecule has 0 heterocycles. The lowest BCUT2D eigenvalue weighted by molar-refractivity contribution is -0.119. The number of carbonyl (C=O) groups excluding carboxylic acids is 3. The Balaban J connectivity index is 1.71. The molecular weight excluding hydrogens is 430 g/mol. The van der Waals surface area contributed by atoms with E-state index in [1.54, 1.807) is 49.4 Å². The second kappa shape index (κ2) is 10.1. The Kier molecular flexibility index (Phi) is 7.28. The molecule has 1 amide bonds. The summed E-state index contributed by atoms with van der Waals surface area (Å²) in [6.07, 6.45) is 0. The van der Waals surface area contributed by atoms with Crippen LogP contribution in [-0.4, -0.2) is 31.4 Å². The van der Waals surface area contributed by atoms with Crippen LogP contribution in [0.15, 0.2) is 60.7 Å². The van der Waals surface area contributed by atoms with Crippen LogP contribution in [0, 0.1) is 13.8 Å². The minimum atomic E-state index is -0.768. The van der Waals surface area contributed by atoms with Crippen molar-refractivity contribution in [3.05, 3.63) is 93.5 Å². The number of hydrogen-bond donors (Lipinski definition) is 1. The van der Waals surface area contributed by atoms with Gasteiger partial charge in [-0.3, -0.25) is 9.59 Å². The molecule has 1 N–H and O–H groups in total. The van der Waals surface area contributed by atoms with E-state index >= 15 is 0 Å². The first kappa shape index (κ1) is 23.0. The molecule has 3 aromatic carbocycles. The van der Waals surface area contributed by atoms with Gasteiger partial charge in [0.15, 0.2) is 12.4 Å². The molecule has 0 aromatic heterocycles. The molecular formula is C25H22ClNO5. The summed E-state index contributed by atoms with van der Waals surface area (Å²) in [6, 6.07) is 16.7. The summed E-state index contributed by atoms with van der Waals surface area (Å²) in [5.41, 5.74) is 2.93. The van der Waals surface area contributed by atoms with E-state index in [4.69, 9.17) is 21.1 Å². The molecule has 3 aromatic rings. The van der Waals surface area contributed by atoms with Gasteiger partial charge >= 0.3 is 5.97 Å². The van der Waals surface area contributed by atoms with Crippen molar-refractivity contribution >= 4 is 34.9 Å². The van der Waals surface area contributed by atoms with Crippen LogP contribution < -0.4 is 10.1 Å². The molecule has 0 fully saturated rings. The lowest BCUT2D eigenvalue weighted by atomic mass is 9.98. The zero-order chi connectivity index (χ0) is 23.3. The summed E-state index contributed by atoms with van der Waals surface area (Å²) in [7, 11) is 1.46. The number of hydrogen-bond acceptors (Lipinski definition) is 5. The van der Waals surface area contributed by atoms with Crippen LogP contribution >= 0.6 is 11.6 Å². The van der Waals surface area contributed by atoms with E-state index in [1.165, 1.54) is 13.2 Å². The van der Waals surface area contributed by atoms with Crippen molar-refractivity contribution in [2.75, 3.05) is 19.0 Å². The molecule has 32 heavy (non-hydrogen) atoms. The number of aryl methyl sites for hydroxylation is 2. The fourth-order valence-corrected chi connectivity index (χ4v) is 3.20. The molecule has 0 saturated heterocycles. The molecule has 7 heteroatoms. The molecule has 0 spiro atoms. The monoisotopic (exact) mass is 451 g/mol. The first-order chi connectivity index (χ1) is 15.3. The van der Waals surface area contributed by atoms with Gasteiger partial charge in [0, 0.05) is 22.2 Å². The second-order valence-corrected chi connectivity index (χ2v) is 7.57. The van der Waals surface area contributed by atoms with E-state index in [0.29, 0.717) is 22.0 Å². The van der Waals surface area contributed by atoms with Gasteiger partial charge in [0.1, 0.15) is 5.75 Å². The first-order valence-corrected chi connectivity index (χ1v) is 10.2. The first-order valence-electron chi connectivity index (χ1n) is 9.81. The minimum absolute atomic E-state index is 0.0887. The topological polar surface area (TPSA) is 81.7 Å². The number of amides is 1. The zero-order valence-electron chi connectivity index (χ0n) is 17.9. The average molecular weight is 452 g/mol. The number of ketones is 1. The number of halogens is 1. The minimum Gasteiger partial charge on any atom is -0.495 e. The van der Waals surface area contributed by atoms with Crippen LogP contribution in [0.4, 0.5) is 5.69 Å². The summed E-state index contributed by atoms with van der Waals surface area (Å²) >= 11 is 6.07. The van der Waals surface area contributed by atoms with Crippen LogP contribution in [0.3, 0.4) is 0 Å². The number of nitrogens with one attached hydrogen (secondary N) is 1. The van der Waals surface area contributed by atoms with E-state index in [1.807, 2.05) is 19.1 Å². The van der Waals surface area contributed by atoms with Gasteiger partial charge in [-0.25, -0.2) is 4.79 Å². The van der Waals surface area contributed by atoms with Crippen molar-refractivity contribution in [1.29, 1.82) is 0 Å². The van der Waals surface area contributed by atoms with Crippen LogP contribution in [0.1, 0.15) is 37.4 Å². The Bertz CT molecular complexity index is 1170. The van der Waals surface area contributed by atoms with Gasteiger partial charge in [0.25, 0.3) is 5.91 Å². The van der Waals surface area contributed by atoms with E-state index < -0.39 is 18.5 Å². The summed E-state index contributed by atoms with van der Waals surface area (Å²) < 4.78 is 10.4. The largest absolute Gasteiger partial charge is 0.495 e. The molecule has 0 aliphatic rings. The molecule has 0 radical (unpaired) electrons. The maximum absolute atomic E-state index is 12.9. The normalized spacial score (nSPS) is 10.4. The highest BCUT2D eigenvalue weighted by atomic mass is 35.5. The Morgan fingerprint density at radius 2 is 1.59 bits per heavy atom. The fraction of sp³-hybridized carbons (Fsp3) is 0.160. The van der Waals surface area contributed by atoms with E-state index in [9.17, 15) is 14.4 Å². The summed E-state index contributed by atoms with van der Waals surface area (Å²) in [4.78, 5) is 37.9. The number of methoxy groups -OCH3 is 1. The predicted octanol–water partition coefficient (Wildman–Crippen LogP) is 4.99. The van der Waals surface area contributed by atoms with Crippen molar-refractivity contribution in [3.8, 4) is 5.75 Å². The number of benzene rings is 3. The van der Waals surface area contributed by atoms with E-state index in [0.717, 1.165) is 11.1 Å². The van der Waals surface area contributed by atoms with Gasteiger partial charge in [-0.15, -0.1) is 0 Å².